The van der Waals surface area contributed by atoms with Crippen molar-refractivity contribution in [3.8, 4) is 0 Å². The molecule has 4 heteroatoms. The molecular formula is C13H17BrFNO. The molecule has 1 aromatic carbocycles. The molecule has 1 saturated heterocycles. The molecule has 0 radical (unpaired) electrons. The number of halogens is 2. The van der Waals surface area contributed by atoms with Gasteiger partial charge in [-0.15, -0.1) is 0 Å². The van der Waals surface area contributed by atoms with Crippen molar-refractivity contribution in [3.63, 3.8) is 0 Å². The van der Waals surface area contributed by atoms with E-state index in [0.717, 1.165) is 25.9 Å². The molecule has 2 N–H and O–H groups in total. The highest BCUT2D eigenvalue weighted by molar-refractivity contribution is 9.10. The fourth-order valence-electron chi connectivity index (χ4n) is 2.45. The summed E-state index contributed by atoms with van der Waals surface area (Å²) in [6, 6.07) is 5.07. The molecule has 0 aliphatic carbocycles. The molecule has 2 nitrogen and oxygen atoms in total. The molecule has 94 valence electrons. The third-order valence-corrected chi connectivity index (χ3v) is 4.20. The van der Waals surface area contributed by atoms with Crippen molar-refractivity contribution >= 4 is 15.9 Å². The van der Waals surface area contributed by atoms with Crippen LogP contribution < -0.4 is 5.32 Å². The highest BCUT2D eigenvalue weighted by atomic mass is 79.9. The third kappa shape index (κ3) is 2.54. The Morgan fingerprint density at radius 3 is 2.94 bits per heavy atom. The van der Waals surface area contributed by atoms with Gasteiger partial charge in [-0.2, -0.15) is 0 Å². The van der Waals surface area contributed by atoms with Crippen LogP contribution in [0.15, 0.2) is 22.7 Å². The monoisotopic (exact) mass is 301 g/mol. The van der Waals surface area contributed by atoms with E-state index in [2.05, 4.69) is 21.2 Å². The average molecular weight is 302 g/mol. The minimum Gasteiger partial charge on any atom is -0.385 e. The van der Waals surface area contributed by atoms with E-state index in [9.17, 15) is 9.50 Å². The number of hydrogen-bond donors (Lipinski definition) is 2. The van der Waals surface area contributed by atoms with Crippen LogP contribution in [-0.4, -0.2) is 18.2 Å². The first kappa shape index (κ1) is 13.0. The maximum atomic E-state index is 14.0. The van der Waals surface area contributed by atoms with Crippen LogP contribution in [0.1, 0.15) is 25.3 Å². The summed E-state index contributed by atoms with van der Waals surface area (Å²) >= 11 is 3.16. The van der Waals surface area contributed by atoms with Crippen molar-refractivity contribution in [3.05, 3.63) is 34.1 Å². The van der Waals surface area contributed by atoms with Crippen LogP contribution in [0.5, 0.6) is 0 Å². The molecule has 2 atom stereocenters. The maximum absolute atomic E-state index is 14.0. The zero-order chi connectivity index (χ0) is 12.5. The van der Waals surface area contributed by atoms with E-state index in [1.165, 1.54) is 0 Å². The van der Waals surface area contributed by atoms with E-state index in [4.69, 9.17) is 0 Å². The van der Waals surface area contributed by atoms with E-state index in [0.29, 0.717) is 10.0 Å². The molecule has 1 aliphatic rings. The number of benzene rings is 1. The van der Waals surface area contributed by atoms with Crippen molar-refractivity contribution in [2.24, 2.45) is 5.92 Å². The van der Waals surface area contributed by atoms with Crippen molar-refractivity contribution < 1.29 is 9.50 Å². The lowest BCUT2D eigenvalue weighted by atomic mass is 9.78. The molecule has 17 heavy (non-hydrogen) atoms. The van der Waals surface area contributed by atoms with E-state index in [1.54, 1.807) is 25.1 Å². The Morgan fingerprint density at radius 2 is 2.29 bits per heavy atom. The van der Waals surface area contributed by atoms with Gasteiger partial charge in [-0.1, -0.05) is 12.1 Å². The lowest BCUT2D eigenvalue weighted by Crippen LogP contribution is -2.42. The van der Waals surface area contributed by atoms with Gasteiger partial charge >= 0.3 is 0 Å². The van der Waals surface area contributed by atoms with E-state index in [1.807, 2.05) is 0 Å². The third-order valence-electron chi connectivity index (χ3n) is 3.59. The van der Waals surface area contributed by atoms with Gasteiger partial charge in [-0.05, 0) is 48.3 Å². The molecule has 1 heterocycles. The smallest absolute Gasteiger partial charge is 0.143 e. The van der Waals surface area contributed by atoms with Crippen molar-refractivity contribution in [2.75, 3.05) is 13.1 Å². The number of nitrogens with one attached hydrogen (secondary N) is 1. The van der Waals surface area contributed by atoms with Gasteiger partial charge in [0.1, 0.15) is 5.82 Å². The SMILES string of the molecule is CC(O)(c1cccc(Br)c1F)C1CCCNC1. The van der Waals surface area contributed by atoms with Crippen LogP contribution in [0.3, 0.4) is 0 Å². The molecule has 1 aromatic rings. The molecule has 0 saturated carbocycles. The molecule has 1 aliphatic heterocycles. The normalized spacial score (nSPS) is 24.4. The summed E-state index contributed by atoms with van der Waals surface area (Å²) in [5.74, 6) is -0.303. The Balaban J connectivity index is 2.32. The second-order valence-corrected chi connectivity index (χ2v) is 5.65. The maximum Gasteiger partial charge on any atom is 0.143 e. The lowest BCUT2D eigenvalue weighted by molar-refractivity contribution is -0.0186. The first-order valence-electron chi connectivity index (χ1n) is 5.91. The van der Waals surface area contributed by atoms with Gasteiger partial charge in [0.15, 0.2) is 0 Å². The summed E-state index contributed by atoms with van der Waals surface area (Å²) in [7, 11) is 0. The van der Waals surface area contributed by atoms with E-state index >= 15 is 0 Å². The van der Waals surface area contributed by atoms with Crippen LogP contribution in [0.25, 0.3) is 0 Å². The van der Waals surface area contributed by atoms with Crippen LogP contribution in [0, 0.1) is 11.7 Å². The fraction of sp³-hybridized carbons (Fsp3) is 0.538. The zero-order valence-electron chi connectivity index (χ0n) is 9.84. The number of hydrogen-bond acceptors (Lipinski definition) is 2. The first-order valence-corrected chi connectivity index (χ1v) is 6.70. The van der Waals surface area contributed by atoms with Gasteiger partial charge < -0.3 is 10.4 Å². The summed E-state index contributed by atoms with van der Waals surface area (Å²) in [4.78, 5) is 0. The first-order chi connectivity index (χ1) is 8.03. The van der Waals surface area contributed by atoms with Gasteiger partial charge in [-0.3, -0.25) is 0 Å². The Hall–Kier alpha value is -0.450. The quantitative estimate of drug-likeness (QED) is 0.880. The zero-order valence-corrected chi connectivity index (χ0v) is 11.4. The minimum absolute atomic E-state index is 0.0556. The molecular weight excluding hydrogens is 285 g/mol. The predicted molar refractivity (Wildman–Crippen MR) is 69.3 cm³/mol. The number of rotatable bonds is 2. The van der Waals surface area contributed by atoms with Gasteiger partial charge in [-0.25, -0.2) is 4.39 Å². The van der Waals surface area contributed by atoms with Gasteiger partial charge in [0.05, 0.1) is 10.1 Å². The minimum atomic E-state index is -1.12. The summed E-state index contributed by atoms with van der Waals surface area (Å²) < 4.78 is 14.4. The molecule has 0 spiro atoms. The molecule has 2 rings (SSSR count). The van der Waals surface area contributed by atoms with Gasteiger partial charge in [0.2, 0.25) is 0 Å². The highest BCUT2D eigenvalue weighted by Crippen LogP contribution is 2.36. The fourth-order valence-corrected chi connectivity index (χ4v) is 2.81. The summed E-state index contributed by atoms with van der Waals surface area (Å²) in [6.07, 6.45) is 1.95. The average Bonchev–Trinajstić information content (AvgIpc) is 2.33. The molecule has 0 amide bonds. The molecule has 2 unspecified atom stereocenters. The van der Waals surface area contributed by atoms with Crippen LogP contribution in [-0.2, 0) is 5.60 Å². The molecule has 1 fully saturated rings. The standard InChI is InChI=1S/C13H17BrFNO/c1-13(17,9-4-3-7-16-8-9)10-5-2-6-11(14)12(10)15/h2,5-6,9,16-17H,3-4,7-8H2,1H3. The largest absolute Gasteiger partial charge is 0.385 e. The van der Waals surface area contributed by atoms with Crippen molar-refractivity contribution in [1.29, 1.82) is 0 Å². The summed E-state index contributed by atoms with van der Waals surface area (Å²) in [5.41, 5.74) is -0.748. The number of piperidine rings is 1. The van der Waals surface area contributed by atoms with Gasteiger partial charge in [0.25, 0.3) is 0 Å². The highest BCUT2D eigenvalue weighted by Gasteiger charge is 2.36. The van der Waals surface area contributed by atoms with E-state index < -0.39 is 5.60 Å². The van der Waals surface area contributed by atoms with E-state index in [-0.39, 0.29) is 11.7 Å². The molecule has 0 aromatic heterocycles. The number of aliphatic hydroxyl groups is 1. The Bertz CT molecular complexity index is 402. The Morgan fingerprint density at radius 1 is 1.53 bits per heavy atom. The van der Waals surface area contributed by atoms with Gasteiger partial charge in [0, 0.05) is 18.0 Å². The lowest BCUT2D eigenvalue weighted by Gasteiger charge is -2.36. The van der Waals surface area contributed by atoms with Crippen LogP contribution in [0.2, 0.25) is 0 Å². The summed E-state index contributed by atoms with van der Waals surface area (Å²) in [5, 5.41) is 13.9. The second-order valence-electron chi connectivity index (χ2n) is 4.79. The second kappa shape index (κ2) is 5.04. The topological polar surface area (TPSA) is 32.3 Å². The Kier molecular flexibility index (Phi) is 3.85. The van der Waals surface area contributed by atoms with Crippen LogP contribution >= 0.6 is 15.9 Å². The summed E-state index contributed by atoms with van der Waals surface area (Å²) in [6.45, 7) is 3.42. The van der Waals surface area contributed by atoms with Crippen molar-refractivity contribution in [2.45, 2.75) is 25.4 Å². The Labute approximate surface area is 109 Å². The predicted octanol–water partition coefficient (Wildman–Crippen LogP) is 2.80. The van der Waals surface area contributed by atoms with Crippen LogP contribution in [0.4, 0.5) is 4.39 Å². The molecule has 0 bridgehead atoms. The van der Waals surface area contributed by atoms with Crippen molar-refractivity contribution in [1.82, 2.24) is 5.32 Å².